The lowest BCUT2D eigenvalue weighted by atomic mass is 10.0. The molecule has 0 spiro atoms. The van der Waals surface area contributed by atoms with Gasteiger partial charge in [-0.1, -0.05) is 28.1 Å². The third kappa shape index (κ3) is 4.48. The Bertz CT molecular complexity index is 609. The van der Waals surface area contributed by atoms with Crippen molar-refractivity contribution in [2.75, 3.05) is 0 Å². The van der Waals surface area contributed by atoms with Crippen molar-refractivity contribution in [2.45, 2.75) is 32.9 Å². The average Bonchev–Trinajstić information content (AvgIpc) is 2.39. The number of aromatic hydroxyl groups is 1. The molecule has 0 saturated carbocycles. The van der Waals surface area contributed by atoms with Gasteiger partial charge in [0.05, 0.1) is 0 Å². The smallest absolute Gasteiger partial charge is 0.126 e. The molecule has 4 heteroatoms. The summed E-state index contributed by atoms with van der Waals surface area (Å²) in [5, 5.41) is 9.30. The first-order valence-corrected chi connectivity index (χ1v) is 7.70. The van der Waals surface area contributed by atoms with Crippen molar-refractivity contribution in [3.63, 3.8) is 0 Å². The Kier molecular flexibility index (Phi) is 5.26. The van der Waals surface area contributed by atoms with Crippen LogP contribution in [0.25, 0.3) is 0 Å². The molecule has 3 N–H and O–H groups in total. The van der Waals surface area contributed by atoms with Gasteiger partial charge in [0.1, 0.15) is 18.1 Å². The Morgan fingerprint density at radius 1 is 1.24 bits per heavy atom. The number of halogens is 1. The third-order valence-electron chi connectivity index (χ3n) is 3.18. The molecule has 0 bridgehead atoms. The molecule has 0 heterocycles. The lowest BCUT2D eigenvalue weighted by molar-refractivity contribution is 0.300. The van der Waals surface area contributed by atoms with Crippen LogP contribution in [0, 0.1) is 6.92 Å². The zero-order chi connectivity index (χ0) is 15.4. The van der Waals surface area contributed by atoms with Gasteiger partial charge < -0.3 is 15.6 Å². The van der Waals surface area contributed by atoms with Crippen LogP contribution in [0.5, 0.6) is 11.5 Å². The maximum atomic E-state index is 9.30. The molecule has 3 nitrogen and oxygen atoms in total. The van der Waals surface area contributed by atoms with E-state index in [1.807, 2.05) is 32.0 Å². The molecule has 0 aromatic heterocycles. The summed E-state index contributed by atoms with van der Waals surface area (Å²) in [5.74, 6) is 1.15. The predicted molar refractivity (Wildman–Crippen MR) is 88.7 cm³/mol. The second-order valence-electron chi connectivity index (χ2n) is 5.35. The van der Waals surface area contributed by atoms with Crippen LogP contribution in [0.2, 0.25) is 0 Å². The fourth-order valence-corrected chi connectivity index (χ4v) is 2.87. The molecule has 112 valence electrons. The summed E-state index contributed by atoms with van der Waals surface area (Å²) >= 11 is 3.52. The molecule has 0 radical (unpaired) electrons. The molecule has 0 aliphatic carbocycles. The Balaban J connectivity index is 2.19. The van der Waals surface area contributed by atoms with Gasteiger partial charge >= 0.3 is 0 Å². The SMILES string of the molecule is Cc1cc(Br)cc(CC(C)N)c1OCc1ccc(O)cc1. The van der Waals surface area contributed by atoms with E-state index in [0.29, 0.717) is 6.61 Å². The highest BCUT2D eigenvalue weighted by Crippen LogP contribution is 2.29. The van der Waals surface area contributed by atoms with Crippen LogP contribution in [-0.2, 0) is 13.0 Å². The molecule has 2 aromatic carbocycles. The summed E-state index contributed by atoms with van der Waals surface area (Å²) in [6.07, 6.45) is 0.769. The second-order valence-corrected chi connectivity index (χ2v) is 6.26. The fraction of sp³-hybridized carbons (Fsp3) is 0.294. The van der Waals surface area contributed by atoms with E-state index in [-0.39, 0.29) is 11.8 Å². The zero-order valence-electron chi connectivity index (χ0n) is 12.3. The molecule has 0 aliphatic rings. The van der Waals surface area contributed by atoms with Crippen molar-refractivity contribution in [3.8, 4) is 11.5 Å². The van der Waals surface area contributed by atoms with Crippen molar-refractivity contribution in [1.29, 1.82) is 0 Å². The predicted octanol–water partition coefficient (Wildman–Crippen LogP) is 3.93. The Morgan fingerprint density at radius 3 is 2.52 bits per heavy atom. The van der Waals surface area contributed by atoms with Gasteiger partial charge in [-0.2, -0.15) is 0 Å². The highest BCUT2D eigenvalue weighted by molar-refractivity contribution is 9.10. The van der Waals surface area contributed by atoms with Gasteiger partial charge in [-0.25, -0.2) is 0 Å². The summed E-state index contributed by atoms with van der Waals surface area (Å²) in [5.41, 5.74) is 9.12. The average molecular weight is 350 g/mol. The summed E-state index contributed by atoms with van der Waals surface area (Å²) in [6.45, 7) is 4.48. The Hall–Kier alpha value is -1.52. The molecule has 0 amide bonds. The van der Waals surface area contributed by atoms with E-state index < -0.39 is 0 Å². The van der Waals surface area contributed by atoms with Gasteiger partial charge in [0.25, 0.3) is 0 Å². The summed E-state index contributed by atoms with van der Waals surface area (Å²) in [7, 11) is 0. The molecule has 1 atom stereocenters. The molecule has 2 aromatic rings. The van der Waals surface area contributed by atoms with E-state index >= 15 is 0 Å². The fourth-order valence-electron chi connectivity index (χ4n) is 2.25. The van der Waals surface area contributed by atoms with E-state index in [0.717, 1.165) is 33.3 Å². The Morgan fingerprint density at radius 2 is 1.90 bits per heavy atom. The normalized spacial score (nSPS) is 12.2. The molecular weight excluding hydrogens is 330 g/mol. The second kappa shape index (κ2) is 6.96. The van der Waals surface area contributed by atoms with Gasteiger partial charge in [-0.05, 0) is 61.2 Å². The first-order chi connectivity index (χ1) is 9.95. The van der Waals surface area contributed by atoms with Gasteiger partial charge in [-0.3, -0.25) is 0 Å². The minimum absolute atomic E-state index is 0.0784. The molecule has 21 heavy (non-hydrogen) atoms. The van der Waals surface area contributed by atoms with Crippen molar-refractivity contribution >= 4 is 15.9 Å². The number of hydrogen-bond donors (Lipinski definition) is 2. The number of hydrogen-bond acceptors (Lipinski definition) is 3. The number of nitrogens with two attached hydrogens (primary N) is 1. The Labute approximate surface area is 133 Å². The van der Waals surface area contributed by atoms with Crippen LogP contribution >= 0.6 is 15.9 Å². The third-order valence-corrected chi connectivity index (χ3v) is 3.64. The first kappa shape index (κ1) is 15.9. The number of benzene rings is 2. The lowest BCUT2D eigenvalue weighted by Gasteiger charge is -2.16. The topological polar surface area (TPSA) is 55.5 Å². The van der Waals surface area contributed by atoms with E-state index in [9.17, 15) is 5.11 Å². The van der Waals surface area contributed by atoms with Crippen LogP contribution in [0.15, 0.2) is 40.9 Å². The van der Waals surface area contributed by atoms with E-state index in [4.69, 9.17) is 10.5 Å². The van der Waals surface area contributed by atoms with Crippen LogP contribution < -0.4 is 10.5 Å². The van der Waals surface area contributed by atoms with Crippen molar-refractivity contribution in [2.24, 2.45) is 5.73 Å². The number of phenolic OH excluding ortho intramolecular Hbond substituents is 1. The van der Waals surface area contributed by atoms with Gasteiger partial charge in [-0.15, -0.1) is 0 Å². The zero-order valence-corrected chi connectivity index (χ0v) is 13.9. The molecule has 0 saturated heterocycles. The van der Waals surface area contributed by atoms with Crippen LogP contribution in [0.4, 0.5) is 0 Å². The van der Waals surface area contributed by atoms with Crippen molar-refractivity contribution in [1.82, 2.24) is 0 Å². The standard InChI is InChI=1S/C17H20BrNO2/c1-11-7-15(18)9-14(8-12(2)19)17(11)21-10-13-3-5-16(20)6-4-13/h3-7,9,12,20H,8,10,19H2,1-2H3. The van der Waals surface area contributed by atoms with Crippen LogP contribution in [0.3, 0.4) is 0 Å². The minimum Gasteiger partial charge on any atom is -0.508 e. The lowest BCUT2D eigenvalue weighted by Crippen LogP contribution is -2.18. The molecule has 1 unspecified atom stereocenters. The van der Waals surface area contributed by atoms with E-state index in [1.165, 1.54) is 0 Å². The number of phenols is 1. The van der Waals surface area contributed by atoms with Gasteiger partial charge in [0.2, 0.25) is 0 Å². The maximum absolute atomic E-state index is 9.30. The number of ether oxygens (including phenoxy) is 1. The monoisotopic (exact) mass is 349 g/mol. The van der Waals surface area contributed by atoms with Crippen molar-refractivity contribution in [3.05, 3.63) is 57.6 Å². The molecular formula is C17H20BrNO2. The van der Waals surface area contributed by atoms with Gasteiger partial charge in [0, 0.05) is 10.5 Å². The highest BCUT2D eigenvalue weighted by Gasteiger charge is 2.11. The minimum atomic E-state index is 0.0784. The molecule has 0 aliphatic heterocycles. The highest BCUT2D eigenvalue weighted by atomic mass is 79.9. The summed E-state index contributed by atoms with van der Waals surface area (Å²) in [6, 6.07) is 11.2. The quantitative estimate of drug-likeness (QED) is 0.859. The van der Waals surface area contributed by atoms with Crippen LogP contribution in [-0.4, -0.2) is 11.1 Å². The number of rotatable bonds is 5. The van der Waals surface area contributed by atoms with Crippen molar-refractivity contribution < 1.29 is 9.84 Å². The van der Waals surface area contributed by atoms with E-state index in [2.05, 4.69) is 22.0 Å². The van der Waals surface area contributed by atoms with Gasteiger partial charge in [0.15, 0.2) is 0 Å². The van der Waals surface area contributed by atoms with Crippen LogP contribution in [0.1, 0.15) is 23.6 Å². The summed E-state index contributed by atoms with van der Waals surface area (Å²) < 4.78 is 7.03. The molecule has 2 rings (SSSR count). The maximum Gasteiger partial charge on any atom is 0.126 e. The van der Waals surface area contributed by atoms with E-state index in [1.54, 1.807) is 12.1 Å². The molecule has 0 fully saturated rings. The first-order valence-electron chi connectivity index (χ1n) is 6.91. The largest absolute Gasteiger partial charge is 0.508 e. The summed E-state index contributed by atoms with van der Waals surface area (Å²) in [4.78, 5) is 0. The number of aryl methyl sites for hydroxylation is 1.